The molecule has 7 heteroatoms. The fourth-order valence-electron chi connectivity index (χ4n) is 3.98. The molecule has 1 atom stereocenters. The molecule has 4 heterocycles. The van der Waals surface area contributed by atoms with E-state index in [2.05, 4.69) is 15.4 Å². The zero-order valence-electron chi connectivity index (χ0n) is 16.5. The van der Waals surface area contributed by atoms with E-state index in [1.54, 1.807) is 0 Å². The van der Waals surface area contributed by atoms with Gasteiger partial charge >= 0.3 is 0 Å². The van der Waals surface area contributed by atoms with E-state index in [0.717, 1.165) is 60.0 Å². The molecule has 0 bridgehead atoms. The molecule has 0 aromatic carbocycles. The van der Waals surface area contributed by atoms with Gasteiger partial charge in [-0.05, 0) is 45.7 Å². The van der Waals surface area contributed by atoms with Crippen LogP contribution >= 0.6 is 0 Å². The van der Waals surface area contributed by atoms with E-state index in [4.69, 9.17) is 4.98 Å². The minimum atomic E-state index is 0.104. The lowest BCUT2D eigenvalue weighted by Gasteiger charge is -2.29. The first kappa shape index (κ1) is 18.1. The molecule has 1 saturated heterocycles. The van der Waals surface area contributed by atoms with Gasteiger partial charge in [-0.1, -0.05) is 0 Å². The Balaban J connectivity index is 1.44. The van der Waals surface area contributed by atoms with Crippen molar-refractivity contribution in [3.63, 3.8) is 0 Å². The highest BCUT2D eigenvalue weighted by atomic mass is 16.2. The van der Waals surface area contributed by atoms with Crippen molar-refractivity contribution in [2.24, 2.45) is 0 Å². The van der Waals surface area contributed by atoms with E-state index in [-0.39, 0.29) is 5.91 Å². The van der Waals surface area contributed by atoms with E-state index in [0.29, 0.717) is 25.6 Å². The summed E-state index contributed by atoms with van der Waals surface area (Å²) in [5, 5.41) is 7.92. The number of aryl methyl sites for hydroxylation is 1. The first-order chi connectivity index (χ1) is 13.0. The van der Waals surface area contributed by atoms with Crippen molar-refractivity contribution < 1.29 is 4.79 Å². The molecule has 1 fully saturated rings. The second-order valence-corrected chi connectivity index (χ2v) is 7.76. The maximum Gasteiger partial charge on any atom is 0.244 e. The molecule has 0 radical (unpaired) electrons. The van der Waals surface area contributed by atoms with Crippen LogP contribution in [0.5, 0.6) is 0 Å². The lowest BCUT2D eigenvalue weighted by atomic mass is 9.98. The van der Waals surface area contributed by atoms with Gasteiger partial charge in [0.2, 0.25) is 5.91 Å². The minimum absolute atomic E-state index is 0.104. The topological polar surface area (TPSA) is 75.9 Å². The molecule has 0 aliphatic carbocycles. The van der Waals surface area contributed by atoms with Gasteiger partial charge in [-0.2, -0.15) is 5.10 Å². The number of hydrogen-bond acceptors (Lipinski definition) is 5. The van der Waals surface area contributed by atoms with Gasteiger partial charge in [0.1, 0.15) is 12.4 Å². The van der Waals surface area contributed by atoms with Crippen LogP contribution in [0.15, 0.2) is 6.20 Å². The summed E-state index contributed by atoms with van der Waals surface area (Å²) in [6, 6.07) is 0. The number of carbonyl (C=O) groups is 1. The molecule has 2 aliphatic rings. The number of piperidine rings is 1. The highest BCUT2D eigenvalue weighted by Crippen LogP contribution is 2.23. The molecule has 1 N–H and O–H groups in total. The maximum absolute atomic E-state index is 12.8. The molecule has 144 valence electrons. The Kier molecular flexibility index (Phi) is 4.95. The third kappa shape index (κ3) is 3.60. The number of carbonyl (C=O) groups excluding carboxylic acids is 1. The highest BCUT2D eigenvalue weighted by Gasteiger charge is 2.25. The van der Waals surface area contributed by atoms with Gasteiger partial charge in [0.15, 0.2) is 0 Å². The van der Waals surface area contributed by atoms with Gasteiger partial charge in [-0.3, -0.25) is 9.48 Å². The minimum Gasteiger partial charge on any atom is -0.336 e. The van der Waals surface area contributed by atoms with Gasteiger partial charge in [0.05, 0.1) is 11.4 Å². The molecule has 0 unspecified atom stereocenters. The average molecular weight is 368 g/mol. The summed E-state index contributed by atoms with van der Waals surface area (Å²) in [6.45, 7) is 9.70. The summed E-state index contributed by atoms with van der Waals surface area (Å²) in [5.41, 5.74) is 5.39. The summed E-state index contributed by atoms with van der Waals surface area (Å²) in [4.78, 5) is 24.1. The molecule has 4 rings (SSSR count). The lowest BCUT2D eigenvalue weighted by Crippen LogP contribution is -2.39. The fraction of sp³-hybridized carbons (Fsp3) is 0.600. The van der Waals surface area contributed by atoms with Crippen molar-refractivity contribution in [3.8, 4) is 0 Å². The molecule has 7 nitrogen and oxygen atoms in total. The number of rotatable bonds is 3. The summed E-state index contributed by atoms with van der Waals surface area (Å²) >= 11 is 0. The van der Waals surface area contributed by atoms with Gasteiger partial charge in [0, 0.05) is 49.4 Å². The van der Waals surface area contributed by atoms with Gasteiger partial charge < -0.3 is 10.2 Å². The number of hydrogen-bond donors (Lipinski definition) is 1. The Morgan fingerprint density at radius 2 is 2.19 bits per heavy atom. The zero-order valence-corrected chi connectivity index (χ0v) is 16.5. The third-order valence-corrected chi connectivity index (χ3v) is 6.00. The summed E-state index contributed by atoms with van der Waals surface area (Å²) in [6.07, 6.45) is 5.06. The number of nitrogens with one attached hydrogen (secondary N) is 1. The number of nitrogens with zero attached hydrogens (tertiary/aromatic N) is 5. The van der Waals surface area contributed by atoms with E-state index in [9.17, 15) is 4.79 Å². The van der Waals surface area contributed by atoms with Crippen LogP contribution in [0.3, 0.4) is 0 Å². The Hall–Kier alpha value is -2.28. The van der Waals surface area contributed by atoms with Crippen molar-refractivity contribution >= 4 is 5.91 Å². The quantitative estimate of drug-likeness (QED) is 0.892. The van der Waals surface area contributed by atoms with Crippen LogP contribution in [-0.2, 0) is 24.3 Å². The third-order valence-electron chi connectivity index (χ3n) is 6.00. The van der Waals surface area contributed by atoms with Crippen molar-refractivity contribution in [1.29, 1.82) is 0 Å². The first-order valence-corrected chi connectivity index (χ1v) is 9.86. The van der Waals surface area contributed by atoms with E-state index in [1.165, 1.54) is 6.42 Å². The normalized spacial score (nSPS) is 19.8. The van der Waals surface area contributed by atoms with Crippen molar-refractivity contribution in [3.05, 3.63) is 40.2 Å². The van der Waals surface area contributed by atoms with Gasteiger partial charge in [-0.25, -0.2) is 9.97 Å². The Morgan fingerprint density at radius 3 is 2.89 bits per heavy atom. The SMILES string of the molecule is Cc1nn(CC(=O)N2CCc3nc([C@@H]4CCCNC4)ncc3C2)c(C)c1C. The summed E-state index contributed by atoms with van der Waals surface area (Å²) < 4.78 is 1.82. The van der Waals surface area contributed by atoms with Crippen LogP contribution in [0, 0.1) is 20.8 Å². The second kappa shape index (κ2) is 7.38. The summed E-state index contributed by atoms with van der Waals surface area (Å²) in [5.74, 6) is 1.48. The number of amides is 1. The second-order valence-electron chi connectivity index (χ2n) is 7.76. The molecule has 2 aliphatic heterocycles. The van der Waals surface area contributed by atoms with Crippen molar-refractivity contribution in [2.45, 2.75) is 59.0 Å². The van der Waals surface area contributed by atoms with Crippen LogP contribution in [0.4, 0.5) is 0 Å². The standard InChI is InChI=1S/C20H28N6O/c1-13-14(2)24-26(15(13)3)12-19(27)25-8-6-18-17(11-25)10-22-20(23-18)16-5-4-7-21-9-16/h10,16,21H,4-9,11-12H2,1-3H3/t16-/m1/s1. The predicted molar refractivity (Wildman–Crippen MR) is 102 cm³/mol. The van der Waals surface area contributed by atoms with E-state index < -0.39 is 0 Å². The Bertz CT molecular complexity index is 852. The van der Waals surface area contributed by atoms with Crippen molar-refractivity contribution in [2.75, 3.05) is 19.6 Å². The fourth-order valence-corrected chi connectivity index (χ4v) is 3.98. The van der Waals surface area contributed by atoms with Crippen LogP contribution in [0.1, 0.15) is 52.8 Å². The molecular formula is C20H28N6O. The number of fused-ring (bicyclic) bond motifs is 1. The maximum atomic E-state index is 12.8. The predicted octanol–water partition coefficient (Wildman–Crippen LogP) is 1.65. The van der Waals surface area contributed by atoms with Gasteiger partial charge in [0.25, 0.3) is 0 Å². The Labute approximate surface area is 160 Å². The Morgan fingerprint density at radius 1 is 1.33 bits per heavy atom. The smallest absolute Gasteiger partial charge is 0.244 e. The van der Waals surface area contributed by atoms with Crippen molar-refractivity contribution in [1.82, 2.24) is 30.0 Å². The first-order valence-electron chi connectivity index (χ1n) is 9.86. The van der Waals surface area contributed by atoms with Crippen LogP contribution < -0.4 is 5.32 Å². The molecule has 1 amide bonds. The van der Waals surface area contributed by atoms with Crippen LogP contribution in [0.25, 0.3) is 0 Å². The van der Waals surface area contributed by atoms with Crippen LogP contribution in [0.2, 0.25) is 0 Å². The molecule has 27 heavy (non-hydrogen) atoms. The molecule has 0 spiro atoms. The molecular weight excluding hydrogens is 340 g/mol. The largest absolute Gasteiger partial charge is 0.336 e. The molecule has 2 aromatic heterocycles. The average Bonchev–Trinajstić information content (AvgIpc) is 2.94. The molecule has 0 saturated carbocycles. The highest BCUT2D eigenvalue weighted by molar-refractivity contribution is 5.76. The number of aromatic nitrogens is 4. The zero-order chi connectivity index (χ0) is 19.0. The lowest BCUT2D eigenvalue weighted by molar-refractivity contribution is -0.133. The monoisotopic (exact) mass is 368 g/mol. The summed E-state index contributed by atoms with van der Waals surface area (Å²) in [7, 11) is 0. The van der Waals surface area contributed by atoms with E-state index in [1.807, 2.05) is 36.5 Å². The van der Waals surface area contributed by atoms with Crippen LogP contribution in [-0.4, -0.2) is 50.2 Å². The van der Waals surface area contributed by atoms with E-state index >= 15 is 0 Å². The van der Waals surface area contributed by atoms with Gasteiger partial charge in [-0.15, -0.1) is 0 Å². The molecule has 2 aromatic rings.